The largest absolute Gasteiger partial charge is 0.494 e. The van der Waals surface area contributed by atoms with Crippen molar-refractivity contribution in [2.75, 3.05) is 20.7 Å². The van der Waals surface area contributed by atoms with E-state index in [4.69, 9.17) is 4.74 Å². The smallest absolute Gasteiger partial charge is 0.317 e. The average molecular weight is 334 g/mol. The van der Waals surface area contributed by atoms with E-state index in [1.807, 2.05) is 0 Å². The van der Waals surface area contributed by atoms with E-state index < -0.39 is 5.82 Å². The second kappa shape index (κ2) is 8.29. The predicted molar refractivity (Wildman–Crippen MR) is 87.9 cm³/mol. The number of carbonyl (C=O) groups is 1. The summed E-state index contributed by atoms with van der Waals surface area (Å²) >= 11 is 0. The lowest BCUT2D eigenvalue weighted by Crippen LogP contribution is -2.37. The minimum Gasteiger partial charge on any atom is -0.494 e. The van der Waals surface area contributed by atoms with E-state index in [-0.39, 0.29) is 24.1 Å². The van der Waals surface area contributed by atoms with Gasteiger partial charge in [0, 0.05) is 20.1 Å². The van der Waals surface area contributed by atoms with Crippen molar-refractivity contribution in [2.24, 2.45) is 0 Å². The second-order valence-corrected chi connectivity index (χ2v) is 5.40. The van der Waals surface area contributed by atoms with Gasteiger partial charge in [0.15, 0.2) is 11.6 Å². The van der Waals surface area contributed by atoms with Crippen LogP contribution >= 0.6 is 0 Å². The third kappa shape index (κ3) is 4.68. The van der Waals surface area contributed by atoms with Crippen LogP contribution in [0.1, 0.15) is 11.1 Å². The first-order valence-corrected chi connectivity index (χ1v) is 7.56. The van der Waals surface area contributed by atoms with Crippen molar-refractivity contribution in [3.8, 4) is 5.75 Å². The number of nitrogens with one attached hydrogen (secondary N) is 1. The standard InChI is InChI=1S/C18H20F2N2O2/c1-22(12-13-7-8-17(24-2)16(20)11-13)18(23)21-10-9-14-5-3-4-6-15(14)19/h3-8,11H,9-10,12H2,1-2H3,(H,21,23). The Labute approximate surface area is 140 Å². The number of benzene rings is 2. The highest BCUT2D eigenvalue weighted by Gasteiger charge is 2.11. The topological polar surface area (TPSA) is 41.6 Å². The molecule has 2 amide bonds. The van der Waals surface area contributed by atoms with Gasteiger partial charge in [-0.15, -0.1) is 0 Å². The molecule has 2 rings (SSSR count). The van der Waals surface area contributed by atoms with Crippen molar-refractivity contribution < 1.29 is 18.3 Å². The molecule has 128 valence electrons. The van der Waals surface area contributed by atoms with Crippen molar-refractivity contribution in [1.82, 2.24) is 10.2 Å². The minimum atomic E-state index is -0.469. The summed E-state index contributed by atoms with van der Waals surface area (Å²) in [5, 5.41) is 2.72. The molecule has 4 nitrogen and oxygen atoms in total. The molecule has 0 heterocycles. The maximum absolute atomic E-state index is 13.7. The summed E-state index contributed by atoms with van der Waals surface area (Å²) in [5.41, 5.74) is 1.21. The van der Waals surface area contributed by atoms with Crippen LogP contribution in [0.25, 0.3) is 0 Å². The van der Waals surface area contributed by atoms with Gasteiger partial charge in [-0.2, -0.15) is 0 Å². The molecule has 1 N–H and O–H groups in total. The number of urea groups is 1. The summed E-state index contributed by atoms with van der Waals surface area (Å²) < 4.78 is 32.0. The number of carbonyl (C=O) groups excluding carboxylic acids is 1. The number of halogens is 2. The second-order valence-electron chi connectivity index (χ2n) is 5.40. The molecule has 0 aliphatic heterocycles. The van der Waals surface area contributed by atoms with E-state index in [0.717, 1.165) is 0 Å². The molecule has 0 aliphatic rings. The Morgan fingerprint density at radius 2 is 1.92 bits per heavy atom. The maximum atomic E-state index is 13.7. The lowest BCUT2D eigenvalue weighted by Gasteiger charge is -2.18. The molecule has 0 aliphatic carbocycles. The summed E-state index contributed by atoms with van der Waals surface area (Å²) in [6.45, 7) is 0.577. The van der Waals surface area contributed by atoms with Crippen LogP contribution in [0.2, 0.25) is 0 Å². The van der Waals surface area contributed by atoms with Gasteiger partial charge in [0.2, 0.25) is 0 Å². The summed E-state index contributed by atoms with van der Waals surface area (Å²) in [6.07, 6.45) is 0.406. The van der Waals surface area contributed by atoms with Gasteiger partial charge in [-0.3, -0.25) is 0 Å². The molecule has 0 fully saturated rings. The number of hydrogen-bond acceptors (Lipinski definition) is 2. The third-order valence-electron chi connectivity index (χ3n) is 3.61. The van der Waals surface area contributed by atoms with Crippen LogP contribution in [0.15, 0.2) is 42.5 Å². The molecule has 0 radical (unpaired) electrons. The molecule has 6 heteroatoms. The molecule has 24 heavy (non-hydrogen) atoms. The number of nitrogens with zero attached hydrogens (tertiary/aromatic N) is 1. The fraction of sp³-hybridized carbons (Fsp3) is 0.278. The third-order valence-corrected chi connectivity index (χ3v) is 3.61. The zero-order valence-electron chi connectivity index (χ0n) is 13.7. The van der Waals surface area contributed by atoms with Gasteiger partial charge in [0.25, 0.3) is 0 Å². The highest BCUT2D eigenvalue weighted by molar-refractivity contribution is 5.73. The fourth-order valence-electron chi connectivity index (χ4n) is 2.29. The summed E-state index contributed by atoms with van der Waals surface area (Å²) in [4.78, 5) is 13.5. The first kappa shape index (κ1) is 17.7. The zero-order chi connectivity index (χ0) is 17.5. The van der Waals surface area contributed by atoms with Gasteiger partial charge in [-0.1, -0.05) is 24.3 Å². The van der Waals surface area contributed by atoms with Gasteiger partial charge in [-0.05, 0) is 35.7 Å². The predicted octanol–water partition coefficient (Wildman–Crippen LogP) is 3.36. The zero-order valence-corrected chi connectivity index (χ0v) is 13.7. The Bertz CT molecular complexity index is 707. The van der Waals surface area contributed by atoms with Gasteiger partial charge < -0.3 is 15.0 Å². The van der Waals surface area contributed by atoms with E-state index in [1.165, 1.54) is 30.2 Å². The van der Waals surface area contributed by atoms with Crippen LogP contribution in [0.4, 0.5) is 13.6 Å². The number of methoxy groups -OCH3 is 1. The van der Waals surface area contributed by atoms with Crippen LogP contribution in [0.5, 0.6) is 5.75 Å². The van der Waals surface area contributed by atoms with Crippen molar-refractivity contribution in [3.63, 3.8) is 0 Å². The molecular formula is C18H20F2N2O2. The average Bonchev–Trinajstić information content (AvgIpc) is 2.56. The van der Waals surface area contributed by atoms with E-state index in [2.05, 4.69) is 5.32 Å². The van der Waals surface area contributed by atoms with E-state index in [1.54, 1.807) is 31.3 Å². The van der Waals surface area contributed by atoms with Crippen LogP contribution < -0.4 is 10.1 Å². The van der Waals surface area contributed by atoms with E-state index >= 15 is 0 Å². The highest BCUT2D eigenvalue weighted by Crippen LogP contribution is 2.18. The Kier molecular flexibility index (Phi) is 6.12. The normalized spacial score (nSPS) is 10.3. The van der Waals surface area contributed by atoms with Gasteiger partial charge in [0.1, 0.15) is 5.82 Å². The van der Waals surface area contributed by atoms with Crippen molar-refractivity contribution >= 4 is 6.03 Å². The Morgan fingerprint density at radius 1 is 1.17 bits per heavy atom. The van der Waals surface area contributed by atoms with Gasteiger partial charge in [0.05, 0.1) is 7.11 Å². The molecule has 0 saturated carbocycles. The van der Waals surface area contributed by atoms with Crippen molar-refractivity contribution in [3.05, 3.63) is 65.2 Å². The first-order valence-electron chi connectivity index (χ1n) is 7.56. The number of hydrogen-bond donors (Lipinski definition) is 1. The molecule has 0 bridgehead atoms. The SMILES string of the molecule is COc1ccc(CN(C)C(=O)NCCc2ccccc2F)cc1F. The van der Waals surface area contributed by atoms with E-state index in [0.29, 0.717) is 24.1 Å². The minimum absolute atomic E-state index is 0.163. The van der Waals surface area contributed by atoms with E-state index in [9.17, 15) is 13.6 Å². The molecular weight excluding hydrogens is 314 g/mol. The summed E-state index contributed by atoms with van der Waals surface area (Å²) in [7, 11) is 3.01. The lowest BCUT2D eigenvalue weighted by molar-refractivity contribution is 0.207. The maximum Gasteiger partial charge on any atom is 0.317 e. The number of rotatable bonds is 6. The molecule has 0 spiro atoms. The Hall–Kier alpha value is -2.63. The molecule has 0 aromatic heterocycles. The summed E-state index contributed by atoms with van der Waals surface area (Å²) in [6, 6.07) is 10.7. The monoisotopic (exact) mass is 334 g/mol. The number of ether oxygens (including phenoxy) is 1. The van der Waals surface area contributed by atoms with Crippen LogP contribution in [-0.2, 0) is 13.0 Å². The molecule has 2 aromatic rings. The van der Waals surface area contributed by atoms with Crippen LogP contribution in [0, 0.1) is 11.6 Å². The van der Waals surface area contributed by atoms with Crippen molar-refractivity contribution in [2.45, 2.75) is 13.0 Å². The first-order chi connectivity index (χ1) is 11.5. The Balaban J connectivity index is 1.84. The highest BCUT2D eigenvalue weighted by atomic mass is 19.1. The van der Waals surface area contributed by atoms with Crippen LogP contribution in [0.3, 0.4) is 0 Å². The quantitative estimate of drug-likeness (QED) is 0.880. The molecule has 2 aromatic carbocycles. The number of amides is 2. The molecule has 0 saturated heterocycles. The van der Waals surface area contributed by atoms with Gasteiger partial charge in [-0.25, -0.2) is 13.6 Å². The molecule has 0 unspecified atom stereocenters. The molecule has 0 atom stereocenters. The van der Waals surface area contributed by atoms with Crippen LogP contribution in [-0.4, -0.2) is 31.6 Å². The lowest BCUT2D eigenvalue weighted by atomic mass is 10.1. The summed E-state index contributed by atoms with van der Waals surface area (Å²) in [5.74, 6) is -0.590. The fourth-order valence-corrected chi connectivity index (χ4v) is 2.29. The Morgan fingerprint density at radius 3 is 2.58 bits per heavy atom. The van der Waals surface area contributed by atoms with Gasteiger partial charge >= 0.3 is 6.03 Å². The van der Waals surface area contributed by atoms with Crippen molar-refractivity contribution in [1.29, 1.82) is 0 Å².